The number of fused-ring (bicyclic) bond motifs is 4. The number of rotatable bonds is 39. The highest BCUT2D eigenvalue weighted by Crippen LogP contribution is 2.44. The number of benzene rings is 2. The largest absolute Gasteiger partial charge is 0.396 e. The first-order chi connectivity index (χ1) is 50.4. The first-order valence-electron chi connectivity index (χ1n) is 37.2. The number of allylic oxidation sites excluding steroid dienone is 1. The fourth-order valence-corrected chi connectivity index (χ4v) is 14.3. The lowest BCUT2D eigenvalue weighted by molar-refractivity contribution is -0.274. The van der Waals surface area contributed by atoms with Crippen molar-refractivity contribution in [2.45, 2.75) is 205 Å². The van der Waals surface area contributed by atoms with Crippen LogP contribution in [0.15, 0.2) is 59.9 Å². The molecular formula is C73H114N12O20. The number of aliphatic hydroxyl groups excluding tert-OH is 7. The summed E-state index contributed by atoms with van der Waals surface area (Å²) >= 11 is 0. The van der Waals surface area contributed by atoms with E-state index in [1.807, 2.05) is 42.5 Å². The molecule has 14 atom stereocenters. The summed E-state index contributed by atoms with van der Waals surface area (Å²) in [6.45, 7) is 13.8. The average molecular weight is 1480 g/mol. The topological polar surface area (TPSA) is 434 Å². The molecule has 2 aliphatic carbocycles. The summed E-state index contributed by atoms with van der Waals surface area (Å²) in [5, 5.41) is 93.3. The molecule has 0 spiro atoms. The zero-order valence-corrected chi connectivity index (χ0v) is 61.6. The van der Waals surface area contributed by atoms with Gasteiger partial charge in [-0.2, -0.15) is 0 Å². The Bertz CT molecular complexity index is 3250. The van der Waals surface area contributed by atoms with Gasteiger partial charge in [0.2, 0.25) is 35.4 Å². The number of hydrazine groups is 4. The van der Waals surface area contributed by atoms with E-state index < -0.39 is 128 Å². The van der Waals surface area contributed by atoms with Gasteiger partial charge in [0.15, 0.2) is 12.0 Å². The molecule has 2 unspecified atom stereocenters. The molecule has 8 rings (SSSR count). The zero-order chi connectivity index (χ0) is 75.9. The Morgan fingerprint density at radius 1 is 0.638 bits per heavy atom. The van der Waals surface area contributed by atoms with Crippen LogP contribution in [-0.2, 0) is 68.5 Å². The van der Waals surface area contributed by atoms with Crippen LogP contribution in [0.4, 0.5) is 5.69 Å². The number of unbranched alkanes of at least 4 members (excludes halogenated alkanes) is 1. The van der Waals surface area contributed by atoms with Crippen molar-refractivity contribution >= 4 is 58.3 Å². The SMILES string of the molecule is CC(C)C(=O)[C@H](C)NC(=O)[C@@H](NC(=O)[C@@H](CCCCNC(=O)COC1CCCCCC2=C1NNN2[C@H]1O[C@H](CO)[C@@H](C2C[C@H](CO)[C@@H](O)[C@H](O)[C@H]2O)[C@H](O)[C@H]1O)NC(=O)CCOCCOCCOCCOCCNC(=O)CCC(=O)N1Cc2ccccc2C2=C(NNN2C(C)C)c2ccccc21)C(C)C. The zero-order valence-electron chi connectivity index (χ0n) is 61.6. The number of hydrogen-bond donors (Lipinski definition) is 16. The highest BCUT2D eigenvalue weighted by atomic mass is 16.6. The van der Waals surface area contributed by atoms with Gasteiger partial charge < -0.3 is 107 Å². The Morgan fingerprint density at radius 2 is 1.31 bits per heavy atom. The van der Waals surface area contributed by atoms with Crippen LogP contribution in [0.5, 0.6) is 0 Å². The van der Waals surface area contributed by atoms with Crippen molar-refractivity contribution in [1.29, 1.82) is 0 Å². The summed E-state index contributed by atoms with van der Waals surface area (Å²) in [4.78, 5) is 95.4. The van der Waals surface area contributed by atoms with Crippen LogP contribution < -0.4 is 53.4 Å². The molecular weight excluding hydrogens is 1360 g/mol. The first kappa shape index (κ1) is 83.6. The standard InChI is InChI=1S/C73H114N12O20/c1-42(2)61(72(99)76-45(7)65(92)43(3)4)78-71(98)51(20-15-16-27-74-58(90)41-104-54-23-10-8-9-22-53-63(54)80-82-85(53)73-70(97)68(95)60(55(40-87)105-73)50-37-47(39-86)66(93)69(96)67(50)94)77-57(89)26-29-100-31-33-102-35-36-103-34-32-101-30-28-75-56(88)24-25-59(91)83-38-46-17-11-12-18-48(46)64-62(79-81-84(64)44(5)6)49-19-13-14-21-52(49)83/h11-14,17-19,21,42-45,47,50-51,54-55,60-61,66-70,73,79-82,86-87,93-97H,8-10,15-16,20,22-41H2,1-7H3,(H,74,90)(H,75,88)(H,76,99)(H,77,89)(H,78,98)/t45-,47+,50?,51+,54?,55+,60+,61-,66+,67-,68-,69-,70+,73-/m0/s1. The number of carbonyl (C=O) groups excluding carboxylic acids is 7. The molecule has 32 nitrogen and oxygen atoms in total. The Balaban J connectivity index is 0.716. The van der Waals surface area contributed by atoms with E-state index in [1.165, 1.54) is 5.01 Å². The van der Waals surface area contributed by atoms with Gasteiger partial charge in [-0.25, -0.2) is 0 Å². The predicted octanol–water partition coefficient (Wildman–Crippen LogP) is -0.261. The second-order valence-electron chi connectivity index (χ2n) is 28.6. The quantitative estimate of drug-likeness (QED) is 0.0383. The maximum absolute atomic E-state index is 14.0. The van der Waals surface area contributed by atoms with Gasteiger partial charge in [0.25, 0.3) is 0 Å². The third-order valence-electron chi connectivity index (χ3n) is 20.1. The Morgan fingerprint density at radius 3 is 2.00 bits per heavy atom. The number of nitrogens with one attached hydrogen (secondary N) is 9. The number of amides is 6. The monoisotopic (exact) mass is 1480 g/mol. The number of carbonyl (C=O) groups is 7. The first-order valence-corrected chi connectivity index (χ1v) is 37.2. The molecule has 1 saturated carbocycles. The highest BCUT2D eigenvalue weighted by molar-refractivity contribution is 6.03. The fourth-order valence-electron chi connectivity index (χ4n) is 14.3. The maximum atomic E-state index is 14.0. The van der Waals surface area contributed by atoms with Crippen molar-refractivity contribution in [3.8, 4) is 0 Å². The summed E-state index contributed by atoms with van der Waals surface area (Å²) in [6.07, 6.45) is -6.66. The van der Waals surface area contributed by atoms with Crippen molar-refractivity contribution < 1.29 is 97.7 Å². The smallest absolute Gasteiger partial charge is 0.246 e. The van der Waals surface area contributed by atoms with E-state index in [1.54, 1.807) is 39.5 Å². The fraction of sp³-hybridized carbons (Fsp3) is 0.685. The van der Waals surface area contributed by atoms with Gasteiger partial charge in [-0.15, -0.1) is 11.1 Å². The summed E-state index contributed by atoms with van der Waals surface area (Å²) in [7, 11) is 0. The Kier molecular flexibility index (Phi) is 33.0. The number of nitrogens with zero attached hydrogens (tertiary/aromatic N) is 3. The molecule has 32 heteroatoms. The van der Waals surface area contributed by atoms with Crippen LogP contribution >= 0.6 is 0 Å². The molecule has 0 bridgehead atoms. The third kappa shape index (κ3) is 22.6. The second kappa shape index (κ2) is 41.4. The molecule has 586 valence electrons. The number of anilines is 1. The maximum Gasteiger partial charge on any atom is 0.246 e. The van der Waals surface area contributed by atoms with Gasteiger partial charge in [-0.1, -0.05) is 83.0 Å². The number of aliphatic hydroxyl groups is 7. The van der Waals surface area contributed by atoms with Crippen LogP contribution in [0.1, 0.15) is 142 Å². The molecule has 2 aromatic carbocycles. The minimum absolute atomic E-state index is 0.0105. The lowest BCUT2D eigenvalue weighted by atomic mass is 9.66. The van der Waals surface area contributed by atoms with Crippen LogP contribution in [-0.4, -0.2) is 246 Å². The summed E-state index contributed by atoms with van der Waals surface area (Å²) in [6, 6.07) is 13.0. The van der Waals surface area contributed by atoms with E-state index in [0.717, 1.165) is 53.0 Å². The molecule has 2 fully saturated rings. The molecule has 4 heterocycles. The lowest BCUT2D eigenvalue weighted by Crippen LogP contribution is -2.66. The van der Waals surface area contributed by atoms with E-state index >= 15 is 0 Å². The number of para-hydroxylation sites is 1. The molecule has 16 N–H and O–H groups in total. The number of ether oxygens (including phenoxy) is 6. The minimum Gasteiger partial charge on any atom is -0.396 e. The second-order valence-corrected chi connectivity index (χ2v) is 28.6. The van der Waals surface area contributed by atoms with Crippen molar-refractivity contribution in [3.63, 3.8) is 0 Å². The third-order valence-corrected chi connectivity index (χ3v) is 20.1. The average Bonchev–Trinajstić information content (AvgIpc) is 1.71. The minimum atomic E-state index is -1.64. The molecule has 105 heavy (non-hydrogen) atoms. The van der Waals surface area contributed by atoms with Gasteiger partial charge in [0.05, 0.1) is 125 Å². The molecule has 1 saturated heterocycles. The molecule has 4 aliphatic heterocycles. The Hall–Kier alpha value is -6.99. The van der Waals surface area contributed by atoms with E-state index in [-0.39, 0.29) is 134 Å². The molecule has 0 aromatic heterocycles. The van der Waals surface area contributed by atoms with Gasteiger partial charge in [-0.05, 0) is 89.2 Å². The van der Waals surface area contributed by atoms with Crippen LogP contribution in [0.2, 0.25) is 0 Å². The predicted molar refractivity (Wildman–Crippen MR) is 383 cm³/mol. The van der Waals surface area contributed by atoms with Crippen molar-refractivity contribution in [3.05, 3.63) is 76.6 Å². The molecule has 6 amide bonds. The van der Waals surface area contributed by atoms with Gasteiger partial charge in [0, 0.05) is 73.9 Å². The van der Waals surface area contributed by atoms with Crippen molar-refractivity contribution in [2.75, 3.05) is 90.7 Å². The van der Waals surface area contributed by atoms with Crippen LogP contribution in [0.25, 0.3) is 11.4 Å². The summed E-state index contributed by atoms with van der Waals surface area (Å²) in [5.74, 6) is -6.28. The normalized spacial score (nSPS) is 24.8. The van der Waals surface area contributed by atoms with Crippen molar-refractivity contribution in [2.24, 2.45) is 29.6 Å². The molecule has 6 aliphatic rings. The number of ketones is 1. The number of hydrogen-bond acceptors (Lipinski definition) is 26. The van der Waals surface area contributed by atoms with E-state index in [0.29, 0.717) is 43.6 Å². The van der Waals surface area contributed by atoms with E-state index in [4.69, 9.17) is 28.4 Å². The summed E-state index contributed by atoms with van der Waals surface area (Å²) in [5.41, 5.74) is 19.5. The van der Waals surface area contributed by atoms with Gasteiger partial charge in [-0.3, -0.25) is 43.6 Å². The number of Topliss-reactive ketones (excluding diaryl/α,β-unsaturated/α-hetero) is 1. The van der Waals surface area contributed by atoms with Crippen molar-refractivity contribution in [1.82, 2.24) is 58.5 Å². The van der Waals surface area contributed by atoms with Gasteiger partial charge in [0.1, 0.15) is 37.0 Å². The van der Waals surface area contributed by atoms with E-state index in [9.17, 15) is 69.3 Å². The highest BCUT2D eigenvalue weighted by Gasteiger charge is 2.56. The van der Waals surface area contributed by atoms with Crippen LogP contribution in [0, 0.1) is 29.6 Å². The lowest BCUT2D eigenvalue weighted by Gasteiger charge is -2.51. The molecule has 2 aromatic rings. The Labute approximate surface area is 614 Å². The van der Waals surface area contributed by atoms with Crippen LogP contribution in [0.3, 0.4) is 0 Å². The van der Waals surface area contributed by atoms with E-state index in [2.05, 4.69) is 73.4 Å². The summed E-state index contributed by atoms with van der Waals surface area (Å²) < 4.78 is 35.0. The van der Waals surface area contributed by atoms with Gasteiger partial charge >= 0.3 is 0 Å². The molecule has 0 radical (unpaired) electrons.